The zero-order valence-corrected chi connectivity index (χ0v) is 12.5. The van der Waals surface area contributed by atoms with Gasteiger partial charge in [0.15, 0.2) is 0 Å². The van der Waals surface area contributed by atoms with Crippen molar-refractivity contribution in [2.75, 3.05) is 18.5 Å². The summed E-state index contributed by atoms with van der Waals surface area (Å²) in [4.78, 5) is 23.2. The number of hydrogen-bond donors (Lipinski definition) is 2. The quantitative estimate of drug-likeness (QED) is 0.847. The molecule has 0 radical (unpaired) electrons. The standard InChI is InChI=1S/C15H19ClN2O3/c16-11-5-7-12(8-6-11)18-14(19)9-17-15(20)10-21-13-3-1-2-4-13/h5-8,13H,1-4,9-10H2,(H,17,20)(H,18,19). The van der Waals surface area contributed by atoms with Crippen LogP contribution in [0.5, 0.6) is 0 Å². The SMILES string of the molecule is O=C(COC1CCCC1)NCC(=O)Nc1ccc(Cl)cc1. The maximum Gasteiger partial charge on any atom is 0.246 e. The lowest BCUT2D eigenvalue weighted by Gasteiger charge is -2.11. The van der Waals surface area contributed by atoms with E-state index in [0.29, 0.717) is 10.7 Å². The Morgan fingerprint density at radius 1 is 1.14 bits per heavy atom. The van der Waals surface area contributed by atoms with E-state index in [2.05, 4.69) is 10.6 Å². The third-order valence-electron chi connectivity index (χ3n) is 3.33. The summed E-state index contributed by atoms with van der Waals surface area (Å²) in [5.74, 6) is -0.556. The molecule has 6 heteroatoms. The molecule has 0 atom stereocenters. The lowest BCUT2D eigenvalue weighted by atomic mass is 10.3. The maximum absolute atomic E-state index is 11.7. The minimum atomic E-state index is -0.286. The number of carbonyl (C=O) groups excluding carboxylic acids is 2. The first kappa shape index (κ1) is 15.8. The van der Waals surface area contributed by atoms with Gasteiger partial charge in [0.05, 0.1) is 12.6 Å². The van der Waals surface area contributed by atoms with Gasteiger partial charge in [-0.1, -0.05) is 24.4 Å². The normalized spacial score (nSPS) is 14.9. The fraction of sp³-hybridized carbons (Fsp3) is 0.467. The first-order chi connectivity index (χ1) is 10.1. The third kappa shape index (κ3) is 5.73. The number of ether oxygens (including phenoxy) is 1. The summed E-state index contributed by atoms with van der Waals surface area (Å²) in [6.45, 7) is -0.0611. The summed E-state index contributed by atoms with van der Waals surface area (Å²) in [6.07, 6.45) is 4.55. The zero-order valence-electron chi connectivity index (χ0n) is 11.7. The number of carbonyl (C=O) groups is 2. The fourth-order valence-corrected chi connectivity index (χ4v) is 2.34. The number of rotatable bonds is 6. The van der Waals surface area contributed by atoms with E-state index in [0.717, 1.165) is 25.7 Å². The van der Waals surface area contributed by atoms with E-state index in [1.54, 1.807) is 24.3 Å². The summed E-state index contributed by atoms with van der Waals surface area (Å²) in [6, 6.07) is 6.77. The predicted octanol–water partition coefficient (Wildman–Crippen LogP) is 2.35. The summed E-state index contributed by atoms with van der Waals surface area (Å²) < 4.78 is 5.47. The van der Waals surface area contributed by atoms with E-state index in [-0.39, 0.29) is 31.1 Å². The number of benzene rings is 1. The Morgan fingerprint density at radius 2 is 1.81 bits per heavy atom. The van der Waals surface area contributed by atoms with Gasteiger partial charge in [-0.3, -0.25) is 9.59 Å². The Kier molecular flexibility index (Phi) is 6.02. The smallest absolute Gasteiger partial charge is 0.246 e. The van der Waals surface area contributed by atoms with Gasteiger partial charge in [-0.05, 0) is 37.1 Å². The molecule has 1 aromatic carbocycles. The number of amides is 2. The van der Waals surface area contributed by atoms with E-state index in [9.17, 15) is 9.59 Å². The highest BCUT2D eigenvalue weighted by Crippen LogP contribution is 2.20. The second kappa shape index (κ2) is 8.00. The Morgan fingerprint density at radius 3 is 2.48 bits per heavy atom. The van der Waals surface area contributed by atoms with Crippen LogP contribution in [-0.4, -0.2) is 31.1 Å². The second-order valence-corrected chi connectivity index (χ2v) is 5.49. The van der Waals surface area contributed by atoms with Crippen LogP contribution in [-0.2, 0) is 14.3 Å². The number of anilines is 1. The molecule has 2 N–H and O–H groups in total. The molecule has 1 aromatic rings. The lowest BCUT2D eigenvalue weighted by Crippen LogP contribution is -2.35. The minimum Gasteiger partial charge on any atom is -0.368 e. The summed E-state index contributed by atoms with van der Waals surface area (Å²) in [5, 5.41) is 5.81. The first-order valence-corrected chi connectivity index (χ1v) is 7.45. The highest BCUT2D eigenvalue weighted by atomic mass is 35.5. The minimum absolute atomic E-state index is 0.0128. The summed E-state index contributed by atoms with van der Waals surface area (Å²) in [5.41, 5.74) is 0.640. The van der Waals surface area contributed by atoms with Crippen molar-refractivity contribution in [2.24, 2.45) is 0 Å². The molecule has 0 aromatic heterocycles. The van der Waals surface area contributed by atoms with E-state index in [4.69, 9.17) is 16.3 Å². The average Bonchev–Trinajstić information content (AvgIpc) is 2.99. The van der Waals surface area contributed by atoms with E-state index >= 15 is 0 Å². The fourth-order valence-electron chi connectivity index (χ4n) is 2.22. The molecule has 1 fully saturated rings. The molecular weight excluding hydrogens is 292 g/mol. The molecule has 1 aliphatic rings. The van der Waals surface area contributed by atoms with Gasteiger partial charge in [-0.2, -0.15) is 0 Å². The average molecular weight is 311 g/mol. The van der Waals surface area contributed by atoms with Crippen LogP contribution < -0.4 is 10.6 Å². The summed E-state index contributed by atoms with van der Waals surface area (Å²) >= 11 is 5.76. The molecular formula is C15H19ClN2O3. The molecule has 0 saturated heterocycles. The van der Waals surface area contributed by atoms with Crippen molar-refractivity contribution in [3.63, 3.8) is 0 Å². The van der Waals surface area contributed by atoms with Crippen LogP contribution in [0.1, 0.15) is 25.7 Å². The van der Waals surface area contributed by atoms with Gasteiger partial charge in [0.2, 0.25) is 11.8 Å². The Bertz CT molecular complexity index is 484. The number of halogens is 1. The van der Waals surface area contributed by atoms with Crippen molar-refractivity contribution in [1.29, 1.82) is 0 Å². The highest BCUT2D eigenvalue weighted by molar-refractivity contribution is 6.30. The lowest BCUT2D eigenvalue weighted by molar-refractivity contribution is -0.129. The van der Waals surface area contributed by atoms with Crippen molar-refractivity contribution in [3.05, 3.63) is 29.3 Å². The van der Waals surface area contributed by atoms with Crippen molar-refractivity contribution >= 4 is 29.1 Å². The van der Waals surface area contributed by atoms with Crippen LogP contribution in [0.4, 0.5) is 5.69 Å². The van der Waals surface area contributed by atoms with Crippen LogP contribution in [0, 0.1) is 0 Å². The Hall–Kier alpha value is -1.59. The van der Waals surface area contributed by atoms with Crippen molar-refractivity contribution in [2.45, 2.75) is 31.8 Å². The number of hydrogen-bond acceptors (Lipinski definition) is 3. The topological polar surface area (TPSA) is 67.4 Å². The molecule has 5 nitrogen and oxygen atoms in total. The van der Waals surface area contributed by atoms with Crippen LogP contribution >= 0.6 is 11.6 Å². The molecule has 0 heterocycles. The van der Waals surface area contributed by atoms with Crippen LogP contribution in [0.25, 0.3) is 0 Å². The number of nitrogens with one attached hydrogen (secondary N) is 2. The van der Waals surface area contributed by atoms with Crippen LogP contribution in [0.3, 0.4) is 0 Å². The van der Waals surface area contributed by atoms with Gasteiger partial charge in [0.1, 0.15) is 6.61 Å². The van der Waals surface area contributed by atoms with Gasteiger partial charge in [0.25, 0.3) is 0 Å². The molecule has 2 rings (SSSR count). The molecule has 0 unspecified atom stereocenters. The van der Waals surface area contributed by atoms with Gasteiger partial charge in [0, 0.05) is 10.7 Å². The molecule has 0 bridgehead atoms. The molecule has 2 amide bonds. The zero-order chi connectivity index (χ0) is 15.1. The third-order valence-corrected chi connectivity index (χ3v) is 3.58. The monoisotopic (exact) mass is 310 g/mol. The largest absolute Gasteiger partial charge is 0.368 e. The van der Waals surface area contributed by atoms with E-state index < -0.39 is 0 Å². The van der Waals surface area contributed by atoms with Crippen molar-refractivity contribution in [1.82, 2.24) is 5.32 Å². The first-order valence-electron chi connectivity index (χ1n) is 7.07. The van der Waals surface area contributed by atoms with Crippen molar-refractivity contribution < 1.29 is 14.3 Å². The molecule has 1 saturated carbocycles. The Balaban J connectivity index is 1.63. The molecule has 0 aliphatic heterocycles. The summed E-state index contributed by atoms with van der Waals surface area (Å²) in [7, 11) is 0. The van der Waals surface area contributed by atoms with Gasteiger partial charge < -0.3 is 15.4 Å². The van der Waals surface area contributed by atoms with Gasteiger partial charge in [-0.25, -0.2) is 0 Å². The van der Waals surface area contributed by atoms with Crippen LogP contribution in [0.15, 0.2) is 24.3 Å². The molecule has 114 valence electrons. The molecule has 1 aliphatic carbocycles. The molecule has 21 heavy (non-hydrogen) atoms. The maximum atomic E-state index is 11.7. The van der Waals surface area contributed by atoms with Crippen LogP contribution in [0.2, 0.25) is 5.02 Å². The molecule has 0 spiro atoms. The van der Waals surface area contributed by atoms with Gasteiger partial charge >= 0.3 is 0 Å². The Labute approximate surface area is 129 Å². The van der Waals surface area contributed by atoms with Gasteiger partial charge in [-0.15, -0.1) is 0 Å². The second-order valence-electron chi connectivity index (χ2n) is 5.05. The van der Waals surface area contributed by atoms with E-state index in [1.807, 2.05) is 0 Å². The van der Waals surface area contributed by atoms with Crippen molar-refractivity contribution in [3.8, 4) is 0 Å². The van der Waals surface area contributed by atoms with E-state index in [1.165, 1.54) is 0 Å². The predicted molar refractivity (Wildman–Crippen MR) is 81.3 cm³/mol. The highest BCUT2D eigenvalue weighted by Gasteiger charge is 2.16.